The third-order valence-electron chi connectivity index (χ3n) is 6.86. The van der Waals surface area contributed by atoms with Crippen molar-refractivity contribution in [2.24, 2.45) is 11.8 Å². The molecule has 3 aliphatic heterocycles. The fourth-order valence-electron chi connectivity index (χ4n) is 5.26. The van der Waals surface area contributed by atoms with E-state index < -0.39 is 17.9 Å². The van der Waals surface area contributed by atoms with Crippen LogP contribution in [0, 0.1) is 11.8 Å². The zero-order valence-electron chi connectivity index (χ0n) is 17.4. The highest BCUT2D eigenvalue weighted by Gasteiger charge is 2.64. The van der Waals surface area contributed by atoms with Gasteiger partial charge >= 0.3 is 0 Å². The van der Waals surface area contributed by atoms with Crippen LogP contribution in [-0.4, -0.2) is 40.6 Å². The van der Waals surface area contributed by atoms with Crippen LogP contribution in [0.2, 0.25) is 0 Å². The van der Waals surface area contributed by atoms with Crippen LogP contribution in [-0.2, 0) is 9.59 Å². The molecule has 0 unspecified atom stereocenters. The SMILES string of the molecule is CC[C@H](C)N1C(=O)[C@@H]2[C@@H](C1=O)[C@@H]1C=Cc3cc(Br)ccc3N1[C@@H]2C(=O)c1ccccc1. The van der Waals surface area contributed by atoms with Crippen LogP contribution in [0.3, 0.4) is 0 Å². The van der Waals surface area contributed by atoms with Crippen LogP contribution in [0.25, 0.3) is 6.08 Å². The lowest BCUT2D eigenvalue weighted by Gasteiger charge is -2.37. The van der Waals surface area contributed by atoms with Gasteiger partial charge < -0.3 is 4.90 Å². The summed E-state index contributed by atoms with van der Waals surface area (Å²) in [6, 6.07) is 13.7. The molecule has 5 nitrogen and oxygen atoms in total. The van der Waals surface area contributed by atoms with Gasteiger partial charge in [0, 0.05) is 21.8 Å². The molecule has 6 heteroatoms. The Balaban J connectivity index is 1.66. The van der Waals surface area contributed by atoms with Crippen molar-refractivity contribution in [3.8, 4) is 0 Å². The molecular weight excluding hydrogens is 456 g/mol. The monoisotopic (exact) mass is 478 g/mol. The summed E-state index contributed by atoms with van der Waals surface area (Å²) in [6.45, 7) is 3.86. The summed E-state index contributed by atoms with van der Waals surface area (Å²) >= 11 is 3.51. The van der Waals surface area contributed by atoms with Gasteiger partial charge in [-0.1, -0.05) is 65.3 Å². The highest BCUT2D eigenvalue weighted by atomic mass is 79.9. The summed E-state index contributed by atoms with van der Waals surface area (Å²) in [4.78, 5) is 44.2. The minimum Gasteiger partial charge on any atom is -0.352 e. The molecule has 5 atom stereocenters. The largest absolute Gasteiger partial charge is 0.352 e. The van der Waals surface area contributed by atoms with Crippen molar-refractivity contribution in [3.63, 3.8) is 0 Å². The van der Waals surface area contributed by atoms with Gasteiger partial charge in [-0.15, -0.1) is 0 Å². The average Bonchev–Trinajstić information content (AvgIpc) is 3.26. The zero-order valence-corrected chi connectivity index (χ0v) is 19.0. The molecule has 2 aromatic rings. The number of halogens is 1. The molecular formula is C25H23BrN2O3. The topological polar surface area (TPSA) is 57.7 Å². The van der Waals surface area contributed by atoms with Gasteiger partial charge in [0.05, 0.1) is 17.9 Å². The van der Waals surface area contributed by atoms with Crippen molar-refractivity contribution in [3.05, 3.63) is 70.2 Å². The Morgan fingerprint density at radius 3 is 2.48 bits per heavy atom. The number of amides is 2. The van der Waals surface area contributed by atoms with Crippen LogP contribution in [0.4, 0.5) is 5.69 Å². The van der Waals surface area contributed by atoms with Crippen LogP contribution in [0.1, 0.15) is 36.2 Å². The summed E-state index contributed by atoms with van der Waals surface area (Å²) in [5.74, 6) is -1.73. The molecule has 2 aromatic carbocycles. The first-order valence-electron chi connectivity index (χ1n) is 10.7. The second kappa shape index (κ2) is 7.45. The van der Waals surface area contributed by atoms with Gasteiger partial charge in [0.1, 0.15) is 6.04 Å². The van der Waals surface area contributed by atoms with Gasteiger partial charge in [-0.3, -0.25) is 19.3 Å². The van der Waals surface area contributed by atoms with Crippen molar-refractivity contribution >= 4 is 45.3 Å². The molecule has 2 amide bonds. The Bertz CT molecular complexity index is 1110. The van der Waals surface area contributed by atoms with Gasteiger partial charge in [0.25, 0.3) is 0 Å². The lowest BCUT2D eigenvalue weighted by atomic mass is 9.86. The summed E-state index contributed by atoms with van der Waals surface area (Å²) < 4.78 is 0.940. The minimum absolute atomic E-state index is 0.116. The number of imide groups is 1. The quantitative estimate of drug-likeness (QED) is 0.485. The molecule has 0 aromatic heterocycles. The number of benzene rings is 2. The Hall–Kier alpha value is -2.73. The number of ketones is 1. The highest BCUT2D eigenvalue weighted by Crippen LogP contribution is 2.49. The first kappa shape index (κ1) is 20.2. The number of carbonyl (C=O) groups excluding carboxylic acids is 3. The molecule has 31 heavy (non-hydrogen) atoms. The second-order valence-corrected chi connectivity index (χ2v) is 9.41. The second-order valence-electron chi connectivity index (χ2n) is 8.49. The zero-order chi connectivity index (χ0) is 21.9. The van der Waals surface area contributed by atoms with Gasteiger partial charge in [0.2, 0.25) is 11.8 Å². The highest BCUT2D eigenvalue weighted by molar-refractivity contribution is 9.10. The summed E-state index contributed by atoms with van der Waals surface area (Å²) in [5, 5.41) is 0. The van der Waals surface area contributed by atoms with E-state index in [-0.39, 0.29) is 29.7 Å². The van der Waals surface area contributed by atoms with Gasteiger partial charge in [-0.05, 0) is 37.1 Å². The molecule has 0 bridgehead atoms. The molecule has 0 spiro atoms. The van der Waals surface area contributed by atoms with E-state index in [9.17, 15) is 14.4 Å². The number of nitrogens with zero attached hydrogens (tertiary/aromatic N) is 2. The molecule has 2 saturated heterocycles. The minimum atomic E-state index is -0.715. The van der Waals surface area contributed by atoms with E-state index in [4.69, 9.17) is 0 Å². The maximum Gasteiger partial charge on any atom is 0.236 e. The lowest BCUT2D eigenvalue weighted by Crippen LogP contribution is -2.50. The molecule has 0 aliphatic carbocycles. The molecule has 2 fully saturated rings. The number of likely N-dealkylation sites (tertiary alicyclic amines) is 1. The maximum atomic E-state index is 13.8. The van der Waals surface area contributed by atoms with E-state index in [0.29, 0.717) is 12.0 Å². The number of Topliss-reactive ketones (excluding diaryl/α,β-unsaturated/α-hetero) is 1. The first-order valence-corrected chi connectivity index (χ1v) is 11.5. The predicted octanol–water partition coefficient (Wildman–Crippen LogP) is 4.32. The van der Waals surface area contributed by atoms with E-state index in [2.05, 4.69) is 15.9 Å². The number of hydrogen-bond acceptors (Lipinski definition) is 4. The first-order chi connectivity index (χ1) is 14.9. The van der Waals surface area contributed by atoms with E-state index in [1.54, 1.807) is 12.1 Å². The number of fused-ring (bicyclic) bond motifs is 5. The lowest BCUT2D eigenvalue weighted by molar-refractivity contribution is -0.142. The number of anilines is 1. The number of carbonyl (C=O) groups is 3. The van der Waals surface area contributed by atoms with Gasteiger partial charge in [-0.2, -0.15) is 0 Å². The summed E-state index contributed by atoms with van der Waals surface area (Å²) in [6.07, 6.45) is 4.67. The van der Waals surface area contributed by atoms with E-state index >= 15 is 0 Å². The predicted molar refractivity (Wildman–Crippen MR) is 123 cm³/mol. The van der Waals surface area contributed by atoms with Gasteiger partial charge in [-0.25, -0.2) is 0 Å². The number of hydrogen-bond donors (Lipinski definition) is 0. The van der Waals surface area contributed by atoms with Crippen LogP contribution in [0.5, 0.6) is 0 Å². The molecule has 0 radical (unpaired) electrons. The fraction of sp³-hybridized carbons (Fsp3) is 0.320. The van der Waals surface area contributed by atoms with Crippen molar-refractivity contribution in [1.29, 1.82) is 0 Å². The van der Waals surface area contributed by atoms with Crippen molar-refractivity contribution in [2.45, 2.75) is 38.4 Å². The molecule has 0 N–H and O–H groups in total. The third-order valence-corrected chi connectivity index (χ3v) is 7.35. The standard InChI is InChI=1S/C25H23BrN2O3/c1-3-14(2)27-24(30)20-19-11-9-16-13-17(26)10-12-18(16)28(19)22(21(20)25(27)31)23(29)15-7-5-4-6-8-15/h4-14,19-22H,3H2,1-2H3/t14-,19-,20-,21+,22-/m0/s1. The average molecular weight is 479 g/mol. The fourth-order valence-corrected chi connectivity index (χ4v) is 5.64. The molecule has 158 valence electrons. The summed E-state index contributed by atoms with van der Waals surface area (Å²) in [5.41, 5.74) is 2.41. The van der Waals surface area contributed by atoms with Crippen LogP contribution >= 0.6 is 15.9 Å². The van der Waals surface area contributed by atoms with E-state index in [0.717, 1.165) is 15.7 Å². The Morgan fingerprint density at radius 2 is 1.77 bits per heavy atom. The van der Waals surface area contributed by atoms with E-state index in [1.807, 2.05) is 67.3 Å². The molecule has 0 saturated carbocycles. The Morgan fingerprint density at radius 1 is 1.06 bits per heavy atom. The third kappa shape index (κ3) is 2.92. The maximum absolute atomic E-state index is 13.8. The normalized spacial score (nSPS) is 27.2. The van der Waals surface area contributed by atoms with Crippen molar-refractivity contribution in [1.82, 2.24) is 4.90 Å². The van der Waals surface area contributed by atoms with Gasteiger partial charge in [0.15, 0.2) is 5.78 Å². The van der Waals surface area contributed by atoms with Crippen molar-refractivity contribution in [2.75, 3.05) is 4.90 Å². The summed E-state index contributed by atoms with van der Waals surface area (Å²) in [7, 11) is 0. The van der Waals surface area contributed by atoms with Crippen molar-refractivity contribution < 1.29 is 14.4 Å². The molecule has 5 rings (SSSR count). The molecule has 3 aliphatic rings. The smallest absolute Gasteiger partial charge is 0.236 e. The number of rotatable bonds is 4. The Kier molecular flexibility index (Phi) is 4.85. The Labute approximate surface area is 189 Å². The van der Waals surface area contributed by atoms with Crippen LogP contribution in [0.15, 0.2) is 59.1 Å². The van der Waals surface area contributed by atoms with Crippen LogP contribution < -0.4 is 4.90 Å². The molecule has 3 heterocycles. The van der Waals surface area contributed by atoms with E-state index in [1.165, 1.54) is 4.90 Å².